The van der Waals surface area contributed by atoms with Crippen molar-refractivity contribution >= 4 is 29.3 Å². The van der Waals surface area contributed by atoms with Crippen molar-refractivity contribution in [2.75, 3.05) is 0 Å². The van der Waals surface area contributed by atoms with Gasteiger partial charge < -0.3 is 14.6 Å². The lowest BCUT2D eigenvalue weighted by Crippen LogP contribution is -2.23. The van der Waals surface area contributed by atoms with Gasteiger partial charge in [0.05, 0.1) is 6.10 Å². The number of carbonyl (C=O) groups is 5. The Morgan fingerprint density at radius 2 is 1.43 bits per heavy atom. The summed E-state index contributed by atoms with van der Waals surface area (Å²) in [7, 11) is 0. The molecule has 8 heteroatoms. The van der Waals surface area contributed by atoms with Gasteiger partial charge in [-0.3, -0.25) is 14.4 Å². The summed E-state index contributed by atoms with van der Waals surface area (Å²) in [6.07, 6.45) is 2.18. The molecule has 3 atom stereocenters. The SMILES string of the molecule is CC(=O)CC1CCC(=O)C=CC(=O)OC(CC(C)=O)CCC(O)C=CC(=O)O1. The van der Waals surface area contributed by atoms with Gasteiger partial charge in [0.15, 0.2) is 5.78 Å². The predicted octanol–water partition coefficient (Wildman–Crippen LogP) is 1.38. The Labute approximate surface area is 163 Å². The van der Waals surface area contributed by atoms with Crippen molar-refractivity contribution in [3.63, 3.8) is 0 Å². The summed E-state index contributed by atoms with van der Waals surface area (Å²) in [5.41, 5.74) is 0. The number of cyclic esters (lactones) is 2. The molecule has 0 aliphatic carbocycles. The lowest BCUT2D eigenvalue weighted by molar-refractivity contribution is -0.145. The minimum atomic E-state index is -1.00. The number of hydrogen-bond acceptors (Lipinski definition) is 8. The zero-order chi connectivity index (χ0) is 21.1. The zero-order valence-corrected chi connectivity index (χ0v) is 16.1. The number of ketones is 3. The van der Waals surface area contributed by atoms with Crippen LogP contribution in [0.2, 0.25) is 0 Å². The second-order valence-electron chi connectivity index (χ2n) is 6.77. The van der Waals surface area contributed by atoms with E-state index >= 15 is 0 Å². The fourth-order valence-electron chi connectivity index (χ4n) is 2.64. The highest BCUT2D eigenvalue weighted by Gasteiger charge is 2.19. The molecular weight excluding hydrogens is 368 g/mol. The third-order valence-electron chi connectivity index (χ3n) is 3.95. The van der Waals surface area contributed by atoms with E-state index in [0.717, 1.165) is 18.2 Å². The monoisotopic (exact) mass is 394 g/mol. The molecule has 1 rings (SSSR count). The molecule has 0 fully saturated rings. The second kappa shape index (κ2) is 12.0. The van der Waals surface area contributed by atoms with E-state index < -0.39 is 30.3 Å². The number of esters is 2. The molecule has 0 aromatic rings. The largest absolute Gasteiger partial charge is 0.459 e. The Morgan fingerprint density at radius 1 is 0.893 bits per heavy atom. The first-order chi connectivity index (χ1) is 13.2. The maximum absolute atomic E-state index is 11.9. The van der Waals surface area contributed by atoms with E-state index in [1.165, 1.54) is 19.9 Å². The van der Waals surface area contributed by atoms with Crippen LogP contribution < -0.4 is 0 Å². The van der Waals surface area contributed by atoms with Crippen molar-refractivity contribution in [2.45, 2.75) is 70.7 Å². The highest BCUT2D eigenvalue weighted by molar-refractivity contribution is 5.96. The Balaban J connectivity index is 2.93. The molecular formula is C20H26O8. The van der Waals surface area contributed by atoms with Gasteiger partial charge in [0.2, 0.25) is 0 Å². The van der Waals surface area contributed by atoms with Crippen LogP contribution in [0.1, 0.15) is 52.4 Å². The lowest BCUT2D eigenvalue weighted by atomic mass is 10.0. The van der Waals surface area contributed by atoms with Crippen molar-refractivity contribution in [1.29, 1.82) is 0 Å². The van der Waals surface area contributed by atoms with Crippen molar-refractivity contribution in [3.8, 4) is 0 Å². The van der Waals surface area contributed by atoms with Gasteiger partial charge in [-0.2, -0.15) is 0 Å². The van der Waals surface area contributed by atoms with E-state index in [-0.39, 0.29) is 55.9 Å². The second-order valence-corrected chi connectivity index (χ2v) is 6.77. The molecule has 0 aromatic heterocycles. The quantitative estimate of drug-likeness (QED) is 0.709. The number of allylic oxidation sites excluding steroid dienone is 1. The highest BCUT2D eigenvalue weighted by Crippen LogP contribution is 2.14. The Kier molecular flexibility index (Phi) is 10.0. The van der Waals surface area contributed by atoms with E-state index in [1.54, 1.807) is 0 Å². The molecule has 1 aliphatic heterocycles. The summed E-state index contributed by atoms with van der Waals surface area (Å²) in [4.78, 5) is 58.4. The normalized spacial score (nSPS) is 25.1. The first-order valence-corrected chi connectivity index (χ1v) is 9.13. The molecule has 1 N–H and O–H groups in total. The van der Waals surface area contributed by atoms with Gasteiger partial charge in [-0.05, 0) is 45.3 Å². The van der Waals surface area contributed by atoms with Crippen LogP contribution in [0.4, 0.5) is 0 Å². The number of aliphatic hydroxyl groups is 1. The van der Waals surface area contributed by atoms with Crippen LogP contribution in [0.3, 0.4) is 0 Å². The number of rotatable bonds is 4. The number of carbonyl (C=O) groups excluding carboxylic acids is 5. The van der Waals surface area contributed by atoms with Crippen molar-refractivity contribution in [1.82, 2.24) is 0 Å². The maximum Gasteiger partial charge on any atom is 0.331 e. The molecule has 0 saturated carbocycles. The molecule has 154 valence electrons. The van der Waals surface area contributed by atoms with Crippen LogP contribution in [-0.4, -0.2) is 52.7 Å². The first kappa shape index (κ1) is 23.4. The van der Waals surface area contributed by atoms with Gasteiger partial charge in [0, 0.05) is 31.4 Å². The maximum atomic E-state index is 11.9. The molecule has 0 radical (unpaired) electrons. The van der Waals surface area contributed by atoms with Gasteiger partial charge >= 0.3 is 11.9 Å². The van der Waals surface area contributed by atoms with Gasteiger partial charge in [0.1, 0.15) is 23.8 Å². The van der Waals surface area contributed by atoms with Crippen LogP contribution in [-0.2, 0) is 33.4 Å². The van der Waals surface area contributed by atoms with Crippen LogP contribution in [0.5, 0.6) is 0 Å². The van der Waals surface area contributed by atoms with Crippen molar-refractivity contribution in [3.05, 3.63) is 24.3 Å². The van der Waals surface area contributed by atoms with E-state index in [4.69, 9.17) is 9.47 Å². The van der Waals surface area contributed by atoms with Gasteiger partial charge in [-0.1, -0.05) is 0 Å². The van der Waals surface area contributed by atoms with Gasteiger partial charge in [-0.25, -0.2) is 9.59 Å². The standard InChI is InChI=1S/C20H26O8/c1-13(21)11-17-7-3-15(23)6-10-20(26)28-18(12-14(2)22)8-4-16(24)5-9-19(25)27-17/h5-6,9-10,15,17-18,23H,3-4,7-8,11-12H2,1-2H3. The minimum absolute atomic E-state index is 0.0152. The molecule has 0 aromatic carbocycles. The third kappa shape index (κ3) is 10.5. The van der Waals surface area contributed by atoms with E-state index in [9.17, 15) is 29.1 Å². The topological polar surface area (TPSA) is 124 Å². The van der Waals surface area contributed by atoms with Crippen LogP contribution >= 0.6 is 0 Å². The molecule has 3 unspecified atom stereocenters. The average molecular weight is 394 g/mol. The molecule has 0 amide bonds. The van der Waals surface area contributed by atoms with Crippen LogP contribution in [0.25, 0.3) is 0 Å². The van der Waals surface area contributed by atoms with Crippen molar-refractivity contribution < 1.29 is 38.6 Å². The van der Waals surface area contributed by atoms with E-state index in [0.29, 0.717) is 0 Å². The summed E-state index contributed by atoms with van der Waals surface area (Å²) in [6.45, 7) is 2.71. The fourth-order valence-corrected chi connectivity index (χ4v) is 2.64. The van der Waals surface area contributed by atoms with Crippen LogP contribution in [0.15, 0.2) is 24.3 Å². The molecule has 8 nitrogen and oxygen atoms in total. The number of Topliss-reactive ketones (excluding diaryl/α,β-unsaturated/α-hetero) is 2. The summed E-state index contributed by atoms with van der Waals surface area (Å²) in [5.74, 6) is -2.25. The smallest absolute Gasteiger partial charge is 0.331 e. The highest BCUT2D eigenvalue weighted by atomic mass is 16.5. The summed E-state index contributed by atoms with van der Waals surface area (Å²) in [5, 5.41) is 9.97. The summed E-state index contributed by atoms with van der Waals surface area (Å²) < 4.78 is 10.4. The molecule has 0 spiro atoms. The minimum Gasteiger partial charge on any atom is -0.459 e. The molecule has 0 bridgehead atoms. The summed E-state index contributed by atoms with van der Waals surface area (Å²) >= 11 is 0. The number of hydrogen-bond donors (Lipinski definition) is 1. The predicted molar refractivity (Wildman–Crippen MR) is 98.1 cm³/mol. The number of aliphatic hydroxyl groups excluding tert-OH is 1. The molecule has 0 saturated heterocycles. The fraction of sp³-hybridized carbons (Fsp3) is 0.550. The van der Waals surface area contributed by atoms with Gasteiger partial charge in [0.25, 0.3) is 0 Å². The van der Waals surface area contributed by atoms with E-state index in [2.05, 4.69) is 0 Å². The Morgan fingerprint density at radius 3 is 2.00 bits per heavy atom. The lowest BCUT2D eigenvalue weighted by Gasteiger charge is -2.17. The molecule has 1 aliphatic rings. The van der Waals surface area contributed by atoms with Gasteiger partial charge in [-0.15, -0.1) is 0 Å². The molecule has 28 heavy (non-hydrogen) atoms. The van der Waals surface area contributed by atoms with Crippen LogP contribution in [0, 0.1) is 0 Å². The zero-order valence-electron chi connectivity index (χ0n) is 16.1. The van der Waals surface area contributed by atoms with Crippen molar-refractivity contribution in [2.24, 2.45) is 0 Å². The summed E-state index contributed by atoms with van der Waals surface area (Å²) in [6, 6.07) is 0. The Bertz CT molecular complexity index is 661. The average Bonchev–Trinajstić information content (AvgIpc) is 2.59. The first-order valence-electron chi connectivity index (χ1n) is 9.13. The third-order valence-corrected chi connectivity index (χ3v) is 3.95. The molecule has 1 heterocycles. The van der Waals surface area contributed by atoms with E-state index in [1.807, 2.05) is 0 Å². The Hall–Kier alpha value is -2.61. The number of ether oxygens (including phenoxy) is 2.